The predicted octanol–water partition coefficient (Wildman–Crippen LogP) is 2.56. The number of aromatic nitrogens is 3. The summed E-state index contributed by atoms with van der Waals surface area (Å²) in [6.45, 7) is 8.19. The fourth-order valence-electron chi connectivity index (χ4n) is 4.32. The number of methoxy groups -OCH3 is 1. The van der Waals surface area contributed by atoms with Crippen molar-refractivity contribution in [1.29, 1.82) is 0 Å². The van der Waals surface area contributed by atoms with Crippen LogP contribution in [0.3, 0.4) is 0 Å². The van der Waals surface area contributed by atoms with Crippen molar-refractivity contribution < 1.29 is 24.2 Å². The summed E-state index contributed by atoms with van der Waals surface area (Å²) in [6, 6.07) is 6.89. The van der Waals surface area contributed by atoms with Crippen molar-refractivity contribution in [3.63, 3.8) is 0 Å². The van der Waals surface area contributed by atoms with Gasteiger partial charge < -0.3 is 30.3 Å². The van der Waals surface area contributed by atoms with Gasteiger partial charge in [-0.15, -0.1) is 0 Å². The molecule has 0 radical (unpaired) electrons. The van der Waals surface area contributed by atoms with Crippen LogP contribution in [0.5, 0.6) is 5.88 Å². The molecule has 1 aliphatic rings. The van der Waals surface area contributed by atoms with Crippen LogP contribution in [-0.4, -0.2) is 87.4 Å². The summed E-state index contributed by atoms with van der Waals surface area (Å²) in [5.41, 5.74) is 4.05. The lowest BCUT2D eigenvalue weighted by Gasteiger charge is -2.34. The Hall–Kier alpha value is -4.84. The number of nitrogens with zero attached hydrogens (tertiary/aromatic N) is 5. The van der Waals surface area contributed by atoms with Gasteiger partial charge in [-0.2, -0.15) is 4.98 Å². The van der Waals surface area contributed by atoms with Crippen LogP contribution in [0.2, 0.25) is 0 Å². The van der Waals surface area contributed by atoms with Crippen LogP contribution in [0.25, 0.3) is 0 Å². The lowest BCUT2D eigenvalue weighted by atomic mass is 10.0. The standard InChI is InChI=1S/C29H33N7O5/c1-5-22(38)13-21-12-20(28(40)36-10-8-35(9-11-36)26(39)17-37)6-7-23(21)32-27-19(3)16-31-29(34-27)33-24-14-25(41-4)30-15-18(24)2/h5-7,12,14-16,37H,1,8-11,13,17H2,2-4H3,(H2,30,31,32,33,34). The van der Waals surface area contributed by atoms with Gasteiger partial charge in [0, 0.05) is 67.9 Å². The number of ketones is 1. The number of anilines is 4. The molecule has 2 aromatic heterocycles. The summed E-state index contributed by atoms with van der Waals surface area (Å²) in [4.78, 5) is 53.8. The Morgan fingerprint density at radius 3 is 2.39 bits per heavy atom. The van der Waals surface area contributed by atoms with E-state index in [9.17, 15) is 14.4 Å². The number of benzene rings is 1. The van der Waals surface area contributed by atoms with Crippen molar-refractivity contribution in [2.45, 2.75) is 20.3 Å². The molecule has 12 heteroatoms. The third kappa shape index (κ3) is 7.03. The summed E-state index contributed by atoms with van der Waals surface area (Å²) in [6.07, 6.45) is 4.66. The van der Waals surface area contributed by atoms with Crippen molar-refractivity contribution in [1.82, 2.24) is 24.8 Å². The van der Waals surface area contributed by atoms with Crippen LogP contribution in [0.4, 0.5) is 23.1 Å². The maximum Gasteiger partial charge on any atom is 0.253 e. The van der Waals surface area contributed by atoms with E-state index in [0.29, 0.717) is 60.6 Å². The van der Waals surface area contributed by atoms with Gasteiger partial charge in [-0.25, -0.2) is 9.97 Å². The highest BCUT2D eigenvalue weighted by Crippen LogP contribution is 2.27. The second kappa shape index (κ2) is 13.0. The van der Waals surface area contributed by atoms with Crippen molar-refractivity contribution in [3.05, 3.63) is 71.6 Å². The lowest BCUT2D eigenvalue weighted by molar-refractivity contribution is -0.135. The van der Waals surface area contributed by atoms with E-state index in [2.05, 4.69) is 32.2 Å². The summed E-state index contributed by atoms with van der Waals surface area (Å²) in [7, 11) is 1.54. The second-order valence-corrected chi connectivity index (χ2v) is 9.57. The zero-order chi connectivity index (χ0) is 29.5. The molecule has 41 heavy (non-hydrogen) atoms. The zero-order valence-electron chi connectivity index (χ0n) is 23.3. The maximum atomic E-state index is 13.3. The highest BCUT2D eigenvalue weighted by atomic mass is 16.5. The topological polar surface area (TPSA) is 150 Å². The summed E-state index contributed by atoms with van der Waals surface area (Å²) in [5.74, 6) is 0.577. The van der Waals surface area contributed by atoms with E-state index in [0.717, 1.165) is 16.8 Å². The minimum atomic E-state index is -0.551. The average molecular weight is 560 g/mol. The SMILES string of the molecule is C=CC(=O)Cc1cc(C(=O)N2CCN(C(=O)CO)CC2)ccc1Nc1nc(Nc2cc(OC)ncc2C)ncc1C. The molecule has 0 bridgehead atoms. The molecular weight excluding hydrogens is 526 g/mol. The highest BCUT2D eigenvalue weighted by molar-refractivity contribution is 5.97. The Kier molecular flexibility index (Phi) is 9.25. The van der Waals surface area contributed by atoms with E-state index in [-0.39, 0.29) is 24.0 Å². The molecule has 3 N–H and O–H groups in total. The molecule has 2 amide bonds. The van der Waals surface area contributed by atoms with Crippen LogP contribution in [0, 0.1) is 13.8 Å². The quantitative estimate of drug-likeness (QED) is 0.316. The van der Waals surface area contributed by atoms with E-state index in [1.807, 2.05) is 13.8 Å². The normalized spacial score (nSPS) is 13.0. The van der Waals surface area contributed by atoms with E-state index in [4.69, 9.17) is 9.84 Å². The van der Waals surface area contributed by atoms with Crippen LogP contribution < -0.4 is 15.4 Å². The number of amides is 2. The Morgan fingerprint density at radius 2 is 1.71 bits per heavy atom. The minimum absolute atomic E-state index is 0.0387. The van der Waals surface area contributed by atoms with E-state index in [1.54, 1.807) is 48.7 Å². The van der Waals surface area contributed by atoms with Crippen LogP contribution in [-0.2, 0) is 16.0 Å². The van der Waals surface area contributed by atoms with Crippen LogP contribution in [0.1, 0.15) is 27.0 Å². The molecule has 0 spiro atoms. The smallest absolute Gasteiger partial charge is 0.253 e. The first kappa shape index (κ1) is 29.2. The fourth-order valence-corrected chi connectivity index (χ4v) is 4.32. The van der Waals surface area contributed by atoms with Crippen molar-refractivity contribution in [2.75, 3.05) is 50.5 Å². The number of nitrogens with one attached hydrogen (secondary N) is 2. The predicted molar refractivity (Wildman–Crippen MR) is 154 cm³/mol. The first-order valence-electron chi connectivity index (χ1n) is 13.1. The number of hydrogen-bond donors (Lipinski definition) is 3. The van der Waals surface area contributed by atoms with Gasteiger partial charge in [0.1, 0.15) is 12.4 Å². The molecule has 1 aromatic carbocycles. The van der Waals surface area contributed by atoms with Crippen molar-refractivity contribution in [3.8, 4) is 5.88 Å². The number of piperazine rings is 1. The number of ether oxygens (including phenoxy) is 1. The van der Waals surface area contributed by atoms with Gasteiger partial charge in [-0.3, -0.25) is 14.4 Å². The highest BCUT2D eigenvalue weighted by Gasteiger charge is 2.25. The molecule has 0 atom stereocenters. The summed E-state index contributed by atoms with van der Waals surface area (Å²) in [5, 5.41) is 15.6. The Labute approximate surface area is 238 Å². The van der Waals surface area contributed by atoms with Gasteiger partial charge in [0.2, 0.25) is 17.7 Å². The molecule has 214 valence electrons. The Balaban J connectivity index is 1.57. The van der Waals surface area contributed by atoms with Gasteiger partial charge in [0.25, 0.3) is 5.91 Å². The van der Waals surface area contributed by atoms with Gasteiger partial charge in [-0.1, -0.05) is 6.58 Å². The average Bonchev–Trinajstić information content (AvgIpc) is 2.99. The number of aliphatic hydroxyl groups excluding tert-OH is 1. The molecule has 1 fully saturated rings. The first-order chi connectivity index (χ1) is 19.7. The van der Waals surface area contributed by atoms with Gasteiger partial charge >= 0.3 is 0 Å². The van der Waals surface area contributed by atoms with Gasteiger partial charge in [0.15, 0.2) is 5.78 Å². The van der Waals surface area contributed by atoms with E-state index < -0.39 is 6.61 Å². The number of carbonyl (C=O) groups excluding carboxylic acids is 3. The van der Waals surface area contributed by atoms with E-state index >= 15 is 0 Å². The third-order valence-corrected chi connectivity index (χ3v) is 6.76. The van der Waals surface area contributed by atoms with Crippen LogP contribution in [0.15, 0.2) is 49.3 Å². The van der Waals surface area contributed by atoms with Gasteiger partial charge in [0.05, 0.1) is 12.8 Å². The molecule has 3 aromatic rings. The second-order valence-electron chi connectivity index (χ2n) is 9.57. The van der Waals surface area contributed by atoms with E-state index in [1.165, 1.54) is 11.0 Å². The minimum Gasteiger partial charge on any atom is -0.481 e. The molecule has 0 unspecified atom stereocenters. The molecule has 0 aliphatic carbocycles. The fraction of sp³-hybridized carbons (Fsp3) is 0.310. The number of aryl methyl sites for hydroxylation is 2. The lowest BCUT2D eigenvalue weighted by Crippen LogP contribution is -2.51. The number of rotatable bonds is 10. The number of pyridine rings is 1. The summed E-state index contributed by atoms with van der Waals surface area (Å²) < 4.78 is 5.22. The Morgan fingerprint density at radius 1 is 1.00 bits per heavy atom. The molecule has 1 saturated heterocycles. The number of carbonyl (C=O) groups is 3. The molecular formula is C29H33N7O5. The molecule has 3 heterocycles. The number of allylic oxidation sites excluding steroid dienone is 1. The van der Waals surface area contributed by atoms with Gasteiger partial charge in [-0.05, 0) is 49.2 Å². The van der Waals surface area contributed by atoms with Crippen molar-refractivity contribution >= 4 is 40.7 Å². The number of hydrogen-bond acceptors (Lipinski definition) is 10. The zero-order valence-corrected chi connectivity index (χ0v) is 23.3. The first-order valence-corrected chi connectivity index (χ1v) is 13.1. The molecule has 4 rings (SSSR count). The largest absolute Gasteiger partial charge is 0.481 e. The molecule has 0 saturated carbocycles. The third-order valence-electron chi connectivity index (χ3n) is 6.76. The molecule has 12 nitrogen and oxygen atoms in total. The Bertz CT molecular complexity index is 1470. The maximum absolute atomic E-state index is 13.3. The molecule has 1 aliphatic heterocycles. The number of aliphatic hydroxyl groups is 1. The monoisotopic (exact) mass is 559 g/mol. The summed E-state index contributed by atoms with van der Waals surface area (Å²) >= 11 is 0. The van der Waals surface area contributed by atoms with Crippen LogP contribution >= 0.6 is 0 Å². The van der Waals surface area contributed by atoms with Crippen molar-refractivity contribution in [2.24, 2.45) is 0 Å².